The summed E-state index contributed by atoms with van der Waals surface area (Å²) in [5.74, 6) is -1.45. The quantitative estimate of drug-likeness (QED) is 0.606. The maximum atomic E-state index is 12.4. The number of aliphatic carboxylic acids is 1. The highest BCUT2D eigenvalue weighted by atomic mass is 31.2. The van der Waals surface area contributed by atoms with Crippen LogP contribution in [-0.2, 0) is 14.1 Å². The number of hydrogen-bond donors (Lipinski definition) is 3. The molecule has 0 saturated carbocycles. The van der Waals surface area contributed by atoms with Gasteiger partial charge in [-0.05, 0) is 51.4 Å². The van der Waals surface area contributed by atoms with Crippen LogP contribution < -0.4 is 0 Å². The summed E-state index contributed by atoms with van der Waals surface area (Å²) in [6, 6.07) is -1.05. The molecule has 1 amide bonds. The van der Waals surface area contributed by atoms with Crippen molar-refractivity contribution in [2.45, 2.75) is 65.5 Å². The average molecular weight is 379 g/mol. The lowest BCUT2D eigenvalue weighted by Gasteiger charge is -2.37. The lowest BCUT2D eigenvalue weighted by Crippen LogP contribution is -2.43. The van der Waals surface area contributed by atoms with E-state index < -0.39 is 36.7 Å². The Balaban J connectivity index is 3.12. The number of amides is 1. The molecule has 1 aliphatic rings. The molecule has 0 spiro atoms. The minimum Gasteiger partial charge on any atom is -0.480 e. The second-order valence-electron chi connectivity index (χ2n) is 7.81. The molecule has 3 N–H and O–H groups in total. The molecule has 0 radical (unpaired) electrons. The zero-order valence-electron chi connectivity index (χ0n) is 15.6. The number of ether oxygens (including phenoxy) is 1. The largest absolute Gasteiger partial charge is 0.480 e. The summed E-state index contributed by atoms with van der Waals surface area (Å²) in [7, 11) is -4.28. The second kappa shape index (κ2) is 7.64. The Labute approximate surface area is 148 Å². The van der Waals surface area contributed by atoms with E-state index in [4.69, 9.17) is 4.74 Å². The van der Waals surface area contributed by atoms with Crippen LogP contribution >= 0.6 is 7.60 Å². The molecule has 1 aliphatic heterocycles. The summed E-state index contributed by atoms with van der Waals surface area (Å²) < 4.78 is 16.9. The topological polar surface area (TPSA) is 124 Å². The molecule has 0 aromatic rings. The van der Waals surface area contributed by atoms with E-state index in [9.17, 15) is 29.0 Å². The Bertz CT molecular complexity index is 547. The van der Waals surface area contributed by atoms with E-state index >= 15 is 0 Å². The van der Waals surface area contributed by atoms with Crippen molar-refractivity contribution in [2.75, 3.05) is 12.7 Å². The van der Waals surface area contributed by atoms with Gasteiger partial charge in [-0.3, -0.25) is 9.46 Å². The van der Waals surface area contributed by atoms with Crippen LogP contribution in [0.5, 0.6) is 0 Å². The lowest BCUT2D eigenvalue weighted by atomic mass is 9.71. The van der Waals surface area contributed by atoms with E-state index in [1.165, 1.54) is 4.90 Å². The lowest BCUT2D eigenvalue weighted by molar-refractivity contribution is -0.142. The first-order chi connectivity index (χ1) is 11.2. The molecular formula is C16H30NO7P. The van der Waals surface area contributed by atoms with Crippen LogP contribution in [0.25, 0.3) is 0 Å². The summed E-state index contributed by atoms with van der Waals surface area (Å²) in [6.07, 6.45) is 0.129. The van der Waals surface area contributed by atoms with E-state index in [1.54, 1.807) is 20.8 Å². The Morgan fingerprint density at radius 2 is 1.72 bits per heavy atom. The first-order valence-corrected chi connectivity index (χ1v) is 10.3. The molecule has 25 heavy (non-hydrogen) atoms. The Morgan fingerprint density at radius 3 is 2.08 bits per heavy atom. The van der Waals surface area contributed by atoms with Gasteiger partial charge in [0.25, 0.3) is 0 Å². The van der Waals surface area contributed by atoms with Crippen LogP contribution in [0.3, 0.4) is 0 Å². The number of carboxylic acids is 1. The number of rotatable bonds is 6. The van der Waals surface area contributed by atoms with Crippen molar-refractivity contribution in [3.63, 3.8) is 0 Å². The molecule has 2 unspecified atom stereocenters. The van der Waals surface area contributed by atoms with Gasteiger partial charge >= 0.3 is 19.7 Å². The first-order valence-electron chi connectivity index (χ1n) is 8.51. The van der Waals surface area contributed by atoms with Gasteiger partial charge in [-0.1, -0.05) is 13.8 Å². The van der Waals surface area contributed by atoms with Crippen LogP contribution in [0.15, 0.2) is 0 Å². The van der Waals surface area contributed by atoms with Gasteiger partial charge in [0, 0.05) is 6.54 Å². The fraction of sp³-hybridized carbons (Fsp3) is 0.875. The standard InChI is InChI=1S/C16H30NO7P/c1-6-16(7-2,10-25(21,22)23)11-8-12(13(18)19)17(9-11)14(20)24-15(3,4)5/h11-12H,6-10H2,1-5H3,(H,18,19)(H2,21,22,23). The summed E-state index contributed by atoms with van der Waals surface area (Å²) in [6.45, 7) is 8.89. The van der Waals surface area contributed by atoms with Gasteiger partial charge in [-0.15, -0.1) is 0 Å². The average Bonchev–Trinajstić information content (AvgIpc) is 2.88. The second-order valence-corrected chi connectivity index (χ2v) is 9.46. The van der Waals surface area contributed by atoms with Crippen molar-refractivity contribution in [2.24, 2.45) is 11.3 Å². The highest BCUT2D eigenvalue weighted by molar-refractivity contribution is 7.51. The maximum Gasteiger partial charge on any atom is 0.411 e. The molecular weight excluding hydrogens is 349 g/mol. The molecule has 146 valence electrons. The van der Waals surface area contributed by atoms with E-state index in [0.717, 1.165) is 0 Å². The predicted molar refractivity (Wildman–Crippen MR) is 92.4 cm³/mol. The van der Waals surface area contributed by atoms with Crippen LogP contribution in [0, 0.1) is 11.3 Å². The van der Waals surface area contributed by atoms with Crippen molar-refractivity contribution < 1.29 is 33.8 Å². The summed E-state index contributed by atoms with van der Waals surface area (Å²) in [4.78, 5) is 44.1. The maximum absolute atomic E-state index is 12.4. The molecule has 2 atom stereocenters. The fourth-order valence-corrected chi connectivity index (χ4v) is 5.15. The van der Waals surface area contributed by atoms with Crippen molar-refractivity contribution in [1.29, 1.82) is 0 Å². The molecule has 0 aliphatic carbocycles. The van der Waals surface area contributed by atoms with Crippen molar-refractivity contribution >= 4 is 19.7 Å². The van der Waals surface area contributed by atoms with Crippen molar-refractivity contribution in [3.05, 3.63) is 0 Å². The van der Waals surface area contributed by atoms with Crippen LogP contribution in [-0.4, -0.2) is 56.2 Å². The van der Waals surface area contributed by atoms with E-state index in [0.29, 0.717) is 12.8 Å². The summed E-state index contributed by atoms with van der Waals surface area (Å²) in [5, 5.41) is 9.49. The van der Waals surface area contributed by atoms with Gasteiger partial charge in [-0.25, -0.2) is 9.59 Å². The van der Waals surface area contributed by atoms with Gasteiger partial charge in [-0.2, -0.15) is 0 Å². The molecule has 9 heteroatoms. The molecule has 1 saturated heterocycles. The Morgan fingerprint density at radius 1 is 1.20 bits per heavy atom. The number of carboxylic acid groups (broad SMARTS) is 1. The van der Waals surface area contributed by atoms with Crippen LogP contribution in [0.1, 0.15) is 53.9 Å². The number of carbonyl (C=O) groups excluding carboxylic acids is 1. The number of likely N-dealkylation sites (tertiary alicyclic amines) is 1. The van der Waals surface area contributed by atoms with Crippen molar-refractivity contribution in [3.8, 4) is 0 Å². The van der Waals surface area contributed by atoms with E-state index in [2.05, 4.69) is 0 Å². The third-order valence-corrected chi connectivity index (χ3v) is 6.05. The van der Waals surface area contributed by atoms with Gasteiger partial charge in [0.15, 0.2) is 0 Å². The number of nitrogens with zero attached hydrogens (tertiary/aromatic N) is 1. The van der Waals surface area contributed by atoms with Gasteiger partial charge in [0.05, 0.1) is 6.16 Å². The minimum absolute atomic E-state index is 0.119. The van der Waals surface area contributed by atoms with E-state index in [1.807, 2.05) is 13.8 Å². The summed E-state index contributed by atoms with van der Waals surface area (Å²) >= 11 is 0. The zero-order chi connectivity index (χ0) is 19.6. The molecule has 1 heterocycles. The van der Waals surface area contributed by atoms with Gasteiger partial charge in [0.1, 0.15) is 11.6 Å². The monoisotopic (exact) mass is 379 g/mol. The minimum atomic E-state index is -4.28. The predicted octanol–water partition coefficient (Wildman–Crippen LogP) is 2.68. The molecule has 0 bridgehead atoms. The van der Waals surface area contributed by atoms with Gasteiger partial charge < -0.3 is 19.6 Å². The van der Waals surface area contributed by atoms with Gasteiger partial charge in [0.2, 0.25) is 0 Å². The van der Waals surface area contributed by atoms with E-state index in [-0.39, 0.29) is 25.0 Å². The van der Waals surface area contributed by atoms with Crippen LogP contribution in [0.2, 0.25) is 0 Å². The number of carbonyl (C=O) groups is 2. The highest BCUT2D eigenvalue weighted by Gasteiger charge is 2.50. The third kappa shape index (κ3) is 5.69. The first kappa shape index (κ1) is 21.9. The Kier molecular flexibility index (Phi) is 6.70. The Hall–Kier alpha value is -1.11. The molecule has 0 aromatic heterocycles. The normalized spacial score (nSPS) is 22.1. The molecule has 1 rings (SSSR count). The molecule has 1 fully saturated rings. The fourth-order valence-electron chi connectivity index (χ4n) is 3.63. The third-order valence-electron chi connectivity index (χ3n) is 5.01. The smallest absolute Gasteiger partial charge is 0.411 e. The number of hydrogen-bond acceptors (Lipinski definition) is 4. The highest BCUT2D eigenvalue weighted by Crippen LogP contribution is 2.52. The SMILES string of the molecule is CCC(CC)(CP(=O)(O)O)C1CC(C(=O)O)N(C(=O)OC(C)(C)C)C1. The molecule has 8 nitrogen and oxygen atoms in total. The zero-order valence-corrected chi connectivity index (χ0v) is 16.5. The van der Waals surface area contributed by atoms with Crippen molar-refractivity contribution in [1.82, 2.24) is 4.90 Å². The molecule has 0 aromatic carbocycles. The van der Waals surface area contributed by atoms with Crippen LogP contribution in [0.4, 0.5) is 4.79 Å². The summed E-state index contributed by atoms with van der Waals surface area (Å²) in [5.41, 5.74) is -1.47.